The number of hydrogen-bond donors (Lipinski definition) is 3. The third-order valence-corrected chi connectivity index (χ3v) is 3.14. The van der Waals surface area contributed by atoms with Crippen LogP contribution in [-0.4, -0.2) is 10.2 Å². The van der Waals surface area contributed by atoms with Crippen molar-refractivity contribution >= 4 is 21.6 Å². The molecular formula is C13H10BrF2NO2. The molecule has 6 heteroatoms. The minimum absolute atomic E-state index is 0.140. The number of benzene rings is 2. The highest BCUT2D eigenvalue weighted by atomic mass is 79.9. The Morgan fingerprint density at radius 2 is 1.74 bits per heavy atom. The summed E-state index contributed by atoms with van der Waals surface area (Å²) in [5, 5.41) is 21.3. The summed E-state index contributed by atoms with van der Waals surface area (Å²) in [6, 6.07) is 6.35. The van der Waals surface area contributed by atoms with Gasteiger partial charge in [-0.3, -0.25) is 0 Å². The van der Waals surface area contributed by atoms with E-state index in [2.05, 4.69) is 21.2 Å². The molecule has 2 rings (SSSR count). The van der Waals surface area contributed by atoms with E-state index in [1.54, 1.807) is 6.07 Å². The number of halogens is 3. The molecule has 19 heavy (non-hydrogen) atoms. The zero-order chi connectivity index (χ0) is 14.0. The van der Waals surface area contributed by atoms with Crippen LogP contribution in [0.5, 0.6) is 11.5 Å². The summed E-state index contributed by atoms with van der Waals surface area (Å²) in [4.78, 5) is 0. The molecule has 3 nitrogen and oxygen atoms in total. The summed E-state index contributed by atoms with van der Waals surface area (Å²) in [5.41, 5.74) is 0.788. The first-order chi connectivity index (χ1) is 8.97. The van der Waals surface area contributed by atoms with Crippen LogP contribution in [0.3, 0.4) is 0 Å². The average molecular weight is 330 g/mol. The summed E-state index contributed by atoms with van der Waals surface area (Å²) >= 11 is 2.97. The molecule has 0 aliphatic rings. The molecule has 0 atom stereocenters. The van der Waals surface area contributed by atoms with E-state index in [1.165, 1.54) is 18.2 Å². The fraction of sp³-hybridized carbons (Fsp3) is 0.0769. The van der Waals surface area contributed by atoms with Gasteiger partial charge < -0.3 is 15.5 Å². The Morgan fingerprint density at radius 3 is 2.42 bits per heavy atom. The summed E-state index contributed by atoms with van der Waals surface area (Å²) in [6.07, 6.45) is 0. The topological polar surface area (TPSA) is 52.5 Å². The van der Waals surface area contributed by atoms with Gasteiger partial charge in [0, 0.05) is 12.6 Å². The molecule has 3 N–H and O–H groups in total. The molecule has 2 aromatic carbocycles. The van der Waals surface area contributed by atoms with E-state index in [1.807, 2.05) is 0 Å². The van der Waals surface area contributed by atoms with Gasteiger partial charge in [-0.15, -0.1) is 0 Å². The number of phenolic OH excluding ortho intramolecular Hbond substituents is 2. The standard InChI is InChI=1S/C13H10BrF2NO2/c14-8-4-11(10(16)5-9(8)15)17-6-7-1-2-12(18)13(19)3-7/h1-5,17-19H,6H2. The lowest BCUT2D eigenvalue weighted by atomic mass is 10.2. The van der Waals surface area contributed by atoms with Crippen molar-refractivity contribution in [3.63, 3.8) is 0 Å². The normalized spacial score (nSPS) is 10.5. The fourth-order valence-corrected chi connectivity index (χ4v) is 1.88. The second-order valence-electron chi connectivity index (χ2n) is 3.92. The van der Waals surface area contributed by atoms with Crippen LogP contribution in [-0.2, 0) is 6.54 Å². The molecule has 0 amide bonds. The Labute approximate surface area is 116 Å². The lowest BCUT2D eigenvalue weighted by Gasteiger charge is -2.09. The van der Waals surface area contributed by atoms with E-state index in [0.29, 0.717) is 5.56 Å². The average Bonchev–Trinajstić information content (AvgIpc) is 2.36. The predicted octanol–water partition coefficient (Wildman–Crippen LogP) is 3.75. The molecule has 0 heterocycles. The lowest BCUT2D eigenvalue weighted by Crippen LogP contribution is -2.02. The molecule has 0 saturated heterocycles. The largest absolute Gasteiger partial charge is 0.504 e. The van der Waals surface area contributed by atoms with Crippen molar-refractivity contribution in [1.29, 1.82) is 0 Å². The van der Waals surface area contributed by atoms with E-state index in [-0.39, 0.29) is 28.2 Å². The molecule has 0 aromatic heterocycles. The molecule has 0 aliphatic carbocycles. The smallest absolute Gasteiger partial charge is 0.157 e. The first-order valence-electron chi connectivity index (χ1n) is 5.36. The van der Waals surface area contributed by atoms with Crippen LogP contribution in [0, 0.1) is 11.6 Å². The van der Waals surface area contributed by atoms with Gasteiger partial charge in [0.2, 0.25) is 0 Å². The minimum atomic E-state index is -0.705. The minimum Gasteiger partial charge on any atom is -0.504 e. The van der Waals surface area contributed by atoms with Gasteiger partial charge in [-0.1, -0.05) is 6.07 Å². The predicted molar refractivity (Wildman–Crippen MR) is 71.2 cm³/mol. The number of rotatable bonds is 3. The zero-order valence-electron chi connectivity index (χ0n) is 9.62. The third-order valence-electron chi connectivity index (χ3n) is 2.53. The molecule has 0 spiro atoms. The third kappa shape index (κ3) is 3.14. The van der Waals surface area contributed by atoms with Gasteiger partial charge in [0.05, 0.1) is 10.2 Å². The maximum atomic E-state index is 13.5. The van der Waals surface area contributed by atoms with Gasteiger partial charge >= 0.3 is 0 Å². The van der Waals surface area contributed by atoms with Crippen molar-refractivity contribution in [2.24, 2.45) is 0 Å². The van der Waals surface area contributed by atoms with Crippen LogP contribution in [0.4, 0.5) is 14.5 Å². The van der Waals surface area contributed by atoms with Crippen LogP contribution >= 0.6 is 15.9 Å². The van der Waals surface area contributed by atoms with Crippen molar-refractivity contribution in [2.75, 3.05) is 5.32 Å². The monoisotopic (exact) mass is 329 g/mol. The highest BCUT2D eigenvalue weighted by Gasteiger charge is 2.08. The Bertz CT molecular complexity index is 620. The molecule has 0 fully saturated rings. The van der Waals surface area contributed by atoms with Crippen LogP contribution in [0.15, 0.2) is 34.8 Å². The van der Waals surface area contributed by atoms with Gasteiger partial charge in [-0.05, 0) is 39.7 Å². The molecule has 0 saturated carbocycles. The van der Waals surface area contributed by atoms with Crippen LogP contribution in [0.25, 0.3) is 0 Å². The Balaban J connectivity index is 2.14. The summed E-state index contributed by atoms with van der Waals surface area (Å²) < 4.78 is 26.7. The number of phenols is 2. The SMILES string of the molecule is Oc1ccc(CNc2cc(Br)c(F)cc2F)cc1O. The zero-order valence-corrected chi connectivity index (χ0v) is 11.2. The summed E-state index contributed by atoms with van der Waals surface area (Å²) in [7, 11) is 0. The summed E-state index contributed by atoms with van der Waals surface area (Å²) in [5.74, 6) is -1.85. The molecule has 0 unspecified atom stereocenters. The molecule has 0 radical (unpaired) electrons. The maximum Gasteiger partial charge on any atom is 0.157 e. The quantitative estimate of drug-likeness (QED) is 0.593. The molecule has 2 aromatic rings. The Hall–Kier alpha value is -1.82. The van der Waals surface area contributed by atoms with Gasteiger partial charge in [0.1, 0.15) is 11.6 Å². The lowest BCUT2D eigenvalue weighted by molar-refractivity contribution is 0.403. The molecular weight excluding hydrogens is 320 g/mol. The van der Waals surface area contributed by atoms with E-state index in [4.69, 9.17) is 5.11 Å². The summed E-state index contributed by atoms with van der Waals surface area (Å²) in [6.45, 7) is 0.225. The van der Waals surface area contributed by atoms with Crippen molar-refractivity contribution in [3.05, 3.63) is 52.0 Å². The Kier molecular flexibility index (Phi) is 3.90. The van der Waals surface area contributed by atoms with Gasteiger partial charge in [-0.25, -0.2) is 8.78 Å². The number of hydrogen-bond acceptors (Lipinski definition) is 3. The van der Waals surface area contributed by atoms with E-state index >= 15 is 0 Å². The molecule has 0 bridgehead atoms. The number of aromatic hydroxyl groups is 2. The van der Waals surface area contributed by atoms with Crippen molar-refractivity contribution in [1.82, 2.24) is 0 Å². The molecule has 0 aliphatic heterocycles. The van der Waals surface area contributed by atoms with Crippen LogP contribution < -0.4 is 5.32 Å². The Morgan fingerprint density at radius 1 is 1.00 bits per heavy atom. The van der Waals surface area contributed by atoms with Crippen molar-refractivity contribution in [3.8, 4) is 11.5 Å². The second-order valence-corrected chi connectivity index (χ2v) is 4.78. The van der Waals surface area contributed by atoms with Crippen LogP contribution in [0.2, 0.25) is 0 Å². The van der Waals surface area contributed by atoms with Crippen molar-refractivity contribution < 1.29 is 19.0 Å². The van der Waals surface area contributed by atoms with E-state index in [9.17, 15) is 13.9 Å². The van der Waals surface area contributed by atoms with E-state index < -0.39 is 11.6 Å². The number of anilines is 1. The molecule has 100 valence electrons. The van der Waals surface area contributed by atoms with E-state index in [0.717, 1.165) is 6.07 Å². The fourth-order valence-electron chi connectivity index (χ4n) is 1.53. The first-order valence-corrected chi connectivity index (χ1v) is 6.16. The second kappa shape index (κ2) is 5.44. The highest BCUT2D eigenvalue weighted by molar-refractivity contribution is 9.10. The maximum absolute atomic E-state index is 13.5. The first kappa shape index (κ1) is 13.6. The number of nitrogens with one attached hydrogen (secondary N) is 1. The van der Waals surface area contributed by atoms with Gasteiger partial charge in [0.25, 0.3) is 0 Å². The van der Waals surface area contributed by atoms with Gasteiger partial charge in [0.15, 0.2) is 11.5 Å². The van der Waals surface area contributed by atoms with Crippen molar-refractivity contribution in [2.45, 2.75) is 6.54 Å². The van der Waals surface area contributed by atoms with Crippen LogP contribution in [0.1, 0.15) is 5.56 Å². The highest BCUT2D eigenvalue weighted by Crippen LogP contribution is 2.27. The van der Waals surface area contributed by atoms with Gasteiger partial charge in [-0.2, -0.15) is 0 Å².